The summed E-state index contributed by atoms with van der Waals surface area (Å²) < 4.78 is 5.47. The molecule has 0 spiro atoms. The Bertz CT molecular complexity index is 1040. The lowest BCUT2D eigenvalue weighted by molar-refractivity contribution is 0.535. The molecule has 4 aromatic rings. The lowest BCUT2D eigenvalue weighted by Crippen LogP contribution is -1.86. The normalized spacial score (nSPS) is 10.8. The summed E-state index contributed by atoms with van der Waals surface area (Å²) in [6.07, 6.45) is 5.16. The number of aryl methyl sites for hydroxylation is 1. The van der Waals surface area contributed by atoms with E-state index in [1.54, 1.807) is 24.7 Å². The van der Waals surface area contributed by atoms with Gasteiger partial charge in [0.1, 0.15) is 17.5 Å². The third-order valence-corrected chi connectivity index (χ3v) is 3.85. The monoisotopic (exact) mass is 300 g/mol. The van der Waals surface area contributed by atoms with Crippen molar-refractivity contribution >= 4 is 11.0 Å². The number of aromatic nitrogens is 3. The summed E-state index contributed by atoms with van der Waals surface area (Å²) in [7, 11) is 0. The highest BCUT2D eigenvalue weighted by atomic mass is 16.3. The fourth-order valence-corrected chi connectivity index (χ4v) is 2.77. The average molecular weight is 300 g/mol. The van der Waals surface area contributed by atoms with Gasteiger partial charge in [0.05, 0.1) is 23.0 Å². The Labute approximate surface area is 132 Å². The number of hydrogen-bond donors (Lipinski definition) is 1. The van der Waals surface area contributed by atoms with E-state index in [-0.39, 0.29) is 0 Å². The first-order valence-corrected chi connectivity index (χ1v) is 7.15. The van der Waals surface area contributed by atoms with Crippen molar-refractivity contribution in [1.29, 1.82) is 5.26 Å². The minimum absolute atomic E-state index is 0.389. The maximum absolute atomic E-state index is 9.15. The predicted octanol–water partition coefficient (Wildman–Crippen LogP) is 4.07. The van der Waals surface area contributed by atoms with Crippen LogP contribution in [-0.4, -0.2) is 15.0 Å². The molecule has 110 valence electrons. The zero-order valence-corrected chi connectivity index (χ0v) is 12.4. The number of pyridine rings is 2. The second-order valence-electron chi connectivity index (χ2n) is 5.21. The van der Waals surface area contributed by atoms with E-state index in [2.05, 4.69) is 21.0 Å². The van der Waals surface area contributed by atoms with E-state index < -0.39 is 0 Å². The number of aromatic amines is 1. The molecule has 0 fully saturated rings. The van der Waals surface area contributed by atoms with Crippen LogP contribution in [0.2, 0.25) is 0 Å². The molecule has 0 amide bonds. The van der Waals surface area contributed by atoms with E-state index in [0.29, 0.717) is 5.69 Å². The van der Waals surface area contributed by atoms with E-state index >= 15 is 0 Å². The van der Waals surface area contributed by atoms with Crippen molar-refractivity contribution in [1.82, 2.24) is 15.0 Å². The summed E-state index contributed by atoms with van der Waals surface area (Å²) in [4.78, 5) is 12.0. The van der Waals surface area contributed by atoms with Gasteiger partial charge in [-0.25, -0.2) is 4.98 Å². The van der Waals surface area contributed by atoms with Crippen molar-refractivity contribution in [3.8, 4) is 28.5 Å². The number of fused-ring (bicyclic) bond motifs is 1. The molecule has 4 aromatic heterocycles. The van der Waals surface area contributed by atoms with Crippen LogP contribution in [0.25, 0.3) is 33.4 Å². The van der Waals surface area contributed by atoms with Gasteiger partial charge in [0.15, 0.2) is 0 Å². The van der Waals surface area contributed by atoms with E-state index in [0.717, 1.165) is 39.2 Å². The fraction of sp³-hybridized carbons (Fsp3) is 0.0556. The first kappa shape index (κ1) is 13.3. The van der Waals surface area contributed by atoms with Crippen molar-refractivity contribution in [2.24, 2.45) is 0 Å². The van der Waals surface area contributed by atoms with Gasteiger partial charge in [0.2, 0.25) is 0 Å². The summed E-state index contributed by atoms with van der Waals surface area (Å²) >= 11 is 0. The topological polar surface area (TPSA) is 78.5 Å². The molecule has 5 nitrogen and oxygen atoms in total. The molecular formula is C18H12N4O. The Morgan fingerprint density at radius 1 is 1.13 bits per heavy atom. The van der Waals surface area contributed by atoms with Crippen LogP contribution in [0.3, 0.4) is 0 Å². The Balaban J connectivity index is 2.11. The average Bonchev–Trinajstić information content (AvgIpc) is 3.17. The molecule has 0 saturated carbocycles. The van der Waals surface area contributed by atoms with Gasteiger partial charge in [-0.2, -0.15) is 5.26 Å². The van der Waals surface area contributed by atoms with Crippen LogP contribution in [0, 0.1) is 18.3 Å². The van der Waals surface area contributed by atoms with E-state index in [9.17, 15) is 0 Å². The van der Waals surface area contributed by atoms with Crippen molar-refractivity contribution in [3.05, 3.63) is 60.4 Å². The standard InChI is InChI=1S/C18H12N4O/c1-11-14(6-9-23-11)16-17(12-4-7-20-8-5-12)22-15-3-2-13(10-19)21-18(15)16/h2-9,22H,1H3. The number of furan rings is 1. The molecule has 4 rings (SSSR count). The number of nitrogens with zero attached hydrogens (tertiary/aromatic N) is 3. The van der Waals surface area contributed by atoms with E-state index in [4.69, 9.17) is 9.68 Å². The Kier molecular flexibility index (Phi) is 2.95. The molecule has 0 aliphatic rings. The zero-order valence-electron chi connectivity index (χ0n) is 12.4. The minimum atomic E-state index is 0.389. The predicted molar refractivity (Wildman–Crippen MR) is 86.5 cm³/mol. The molecule has 0 radical (unpaired) electrons. The maximum atomic E-state index is 9.15. The molecule has 0 unspecified atom stereocenters. The van der Waals surface area contributed by atoms with Crippen LogP contribution in [0.1, 0.15) is 11.5 Å². The summed E-state index contributed by atoms with van der Waals surface area (Å²) in [6.45, 7) is 1.92. The van der Waals surface area contributed by atoms with Crippen LogP contribution in [0.15, 0.2) is 53.4 Å². The fourth-order valence-electron chi connectivity index (χ4n) is 2.77. The van der Waals surface area contributed by atoms with Gasteiger partial charge in [-0.3, -0.25) is 4.98 Å². The largest absolute Gasteiger partial charge is 0.469 e. The second-order valence-corrected chi connectivity index (χ2v) is 5.21. The smallest absolute Gasteiger partial charge is 0.141 e. The van der Waals surface area contributed by atoms with Gasteiger partial charge in [-0.05, 0) is 37.3 Å². The van der Waals surface area contributed by atoms with Gasteiger partial charge in [-0.15, -0.1) is 0 Å². The molecule has 0 saturated heterocycles. The second kappa shape index (κ2) is 5.11. The lowest BCUT2D eigenvalue weighted by Gasteiger charge is -2.03. The molecular weight excluding hydrogens is 288 g/mol. The number of nitriles is 1. The van der Waals surface area contributed by atoms with Gasteiger partial charge in [0.25, 0.3) is 0 Å². The molecule has 0 aliphatic carbocycles. The Hall–Kier alpha value is -3.39. The van der Waals surface area contributed by atoms with Crippen LogP contribution < -0.4 is 0 Å². The van der Waals surface area contributed by atoms with Crippen molar-refractivity contribution in [2.45, 2.75) is 6.92 Å². The van der Waals surface area contributed by atoms with Crippen molar-refractivity contribution < 1.29 is 4.42 Å². The zero-order chi connectivity index (χ0) is 15.8. The third-order valence-electron chi connectivity index (χ3n) is 3.85. The highest BCUT2D eigenvalue weighted by Crippen LogP contribution is 2.39. The minimum Gasteiger partial charge on any atom is -0.469 e. The third kappa shape index (κ3) is 2.09. The Morgan fingerprint density at radius 3 is 2.65 bits per heavy atom. The maximum Gasteiger partial charge on any atom is 0.141 e. The van der Waals surface area contributed by atoms with Gasteiger partial charge in [0, 0.05) is 29.1 Å². The molecule has 1 N–H and O–H groups in total. The number of rotatable bonds is 2. The Morgan fingerprint density at radius 2 is 1.96 bits per heavy atom. The first-order valence-electron chi connectivity index (χ1n) is 7.15. The molecule has 23 heavy (non-hydrogen) atoms. The molecule has 0 bridgehead atoms. The molecule has 0 atom stereocenters. The molecule has 5 heteroatoms. The number of hydrogen-bond acceptors (Lipinski definition) is 4. The van der Waals surface area contributed by atoms with Gasteiger partial charge < -0.3 is 9.40 Å². The van der Waals surface area contributed by atoms with Crippen LogP contribution in [0.4, 0.5) is 0 Å². The SMILES string of the molecule is Cc1occc1-c1c(-c2ccncc2)[nH]c2ccc(C#N)nc12. The summed E-state index contributed by atoms with van der Waals surface area (Å²) in [6, 6.07) is 11.5. The first-order chi connectivity index (χ1) is 11.3. The van der Waals surface area contributed by atoms with Crippen LogP contribution in [0.5, 0.6) is 0 Å². The van der Waals surface area contributed by atoms with Crippen LogP contribution >= 0.6 is 0 Å². The quantitative estimate of drug-likeness (QED) is 0.605. The molecule has 0 aliphatic heterocycles. The van der Waals surface area contributed by atoms with E-state index in [1.807, 2.05) is 31.2 Å². The number of H-pyrrole nitrogens is 1. The van der Waals surface area contributed by atoms with E-state index in [1.165, 1.54) is 0 Å². The van der Waals surface area contributed by atoms with Crippen molar-refractivity contribution in [3.63, 3.8) is 0 Å². The highest BCUT2D eigenvalue weighted by Gasteiger charge is 2.19. The highest BCUT2D eigenvalue weighted by molar-refractivity contribution is 6.02. The van der Waals surface area contributed by atoms with Crippen LogP contribution in [-0.2, 0) is 0 Å². The summed E-state index contributed by atoms with van der Waals surface area (Å²) in [5, 5.41) is 9.15. The molecule has 0 aromatic carbocycles. The molecule has 4 heterocycles. The summed E-state index contributed by atoms with van der Waals surface area (Å²) in [5.74, 6) is 0.811. The summed E-state index contributed by atoms with van der Waals surface area (Å²) in [5.41, 5.74) is 5.88. The van der Waals surface area contributed by atoms with Crippen molar-refractivity contribution in [2.75, 3.05) is 0 Å². The van der Waals surface area contributed by atoms with Gasteiger partial charge in [-0.1, -0.05) is 0 Å². The number of nitrogens with one attached hydrogen (secondary N) is 1. The lowest BCUT2D eigenvalue weighted by atomic mass is 10.0. The van der Waals surface area contributed by atoms with Gasteiger partial charge >= 0.3 is 0 Å².